The Balaban J connectivity index is 1.26. The summed E-state index contributed by atoms with van der Waals surface area (Å²) in [4.78, 5) is 43.5. The number of aryl methyl sites for hydroxylation is 1. The highest BCUT2D eigenvalue weighted by Gasteiger charge is 2.35. The van der Waals surface area contributed by atoms with Crippen molar-refractivity contribution in [2.45, 2.75) is 50.6 Å². The van der Waals surface area contributed by atoms with Crippen molar-refractivity contribution in [1.82, 2.24) is 19.8 Å². The molecule has 6 rings (SSSR count). The highest BCUT2D eigenvalue weighted by atomic mass is 16.5. The van der Waals surface area contributed by atoms with Crippen molar-refractivity contribution < 1.29 is 23.8 Å². The number of benzene rings is 1. The fraction of sp³-hybridized carbons (Fsp3) is 0.559. The van der Waals surface area contributed by atoms with E-state index in [0.29, 0.717) is 37.8 Å². The number of fused-ring (bicyclic) bond motifs is 2. The lowest BCUT2D eigenvalue weighted by atomic mass is 9.88. The van der Waals surface area contributed by atoms with Crippen molar-refractivity contribution in [2.75, 3.05) is 82.5 Å². The molecule has 2 aromatic rings. The molecule has 2 fully saturated rings. The van der Waals surface area contributed by atoms with Crippen LogP contribution in [0.15, 0.2) is 30.9 Å². The quantitative estimate of drug-likeness (QED) is 0.300. The molecule has 0 saturated carbocycles. The van der Waals surface area contributed by atoms with E-state index in [0.717, 1.165) is 88.6 Å². The lowest BCUT2D eigenvalue weighted by Crippen LogP contribution is -2.55. The van der Waals surface area contributed by atoms with Crippen LogP contribution < -0.4 is 14.5 Å². The molecule has 1 amide bonds. The van der Waals surface area contributed by atoms with Crippen LogP contribution in [-0.2, 0) is 33.5 Å². The van der Waals surface area contributed by atoms with Gasteiger partial charge in [-0.1, -0.05) is 6.58 Å². The van der Waals surface area contributed by atoms with E-state index in [4.69, 9.17) is 24.2 Å². The van der Waals surface area contributed by atoms with E-state index < -0.39 is 0 Å². The number of hydrogen-bond donors (Lipinski definition) is 0. The Labute approximate surface area is 270 Å². The van der Waals surface area contributed by atoms with Crippen molar-refractivity contribution in [3.05, 3.63) is 53.2 Å². The highest BCUT2D eigenvalue weighted by Crippen LogP contribution is 2.37. The Morgan fingerprint density at radius 2 is 2.00 bits per heavy atom. The first-order chi connectivity index (χ1) is 22.5. The number of methoxy groups -OCH3 is 1. The molecule has 3 aliphatic heterocycles. The van der Waals surface area contributed by atoms with Gasteiger partial charge in [0, 0.05) is 69.5 Å². The Bertz CT molecular complexity index is 1490. The van der Waals surface area contributed by atoms with Gasteiger partial charge in [0.1, 0.15) is 12.4 Å². The smallest absolute Gasteiger partial charge is 0.337 e. The molecule has 2 atom stereocenters. The third kappa shape index (κ3) is 6.81. The summed E-state index contributed by atoms with van der Waals surface area (Å²) in [5.74, 6) is 0.379. The lowest BCUT2D eigenvalue weighted by Gasteiger charge is -2.43. The second-order valence-electron chi connectivity index (χ2n) is 12.3. The van der Waals surface area contributed by atoms with Gasteiger partial charge in [-0.3, -0.25) is 9.69 Å². The zero-order chi connectivity index (χ0) is 32.0. The molecule has 0 N–H and O–H groups in total. The van der Waals surface area contributed by atoms with E-state index in [1.165, 1.54) is 24.4 Å². The van der Waals surface area contributed by atoms with Gasteiger partial charge in [0.05, 0.1) is 50.1 Å². The fourth-order valence-electron chi connectivity index (χ4n) is 7.22. The first-order valence-corrected chi connectivity index (χ1v) is 16.3. The molecule has 2 saturated heterocycles. The minimum Gasteiger partial charge on any atom is -0.465 e. The van der Waals surface area contributed by atoms with E-state index in [2.05, 4.69) is 33.4 Å². The average molecular weight is 630 g/mol. The summed E-state index contributed by atoms with van der Waals surface area (Å²) in [6, 6.07) is 8.50. The second-order valence-corrected chi connectivity index (χ2v) is 12.3. The average Bonchev–Trinajstić information content (AvgIpc) is 3.10. The molecule has 0 radical (unpaired) electrons. The number of hydrogen-bond acceptors (Lipinski definition) is 11. The molecule has 4 heterocycles. The summed E-state index contributed by atoms with van der Waals surface area (Å²) in [5, 5.41) is 9.55. The summed E-state index contributed by atoms with van der Waals surface area (Å²) < 4.78 is 16.7. The maximum Gasteiger partial charge on any atom is 0.337 e. The van der Waals surface area contributed by atoms with E-state index >= 15 is 0 Å². The largest absolute Gasteiger partial charge is 0.465 e. The predicted molar refractivity (Wildman–Crippen MR) is 172 cm³/mol. The molecule has 1 aliphatic carbocycles. The van der Waals surface area contributed by atoms with Gasteiger partial charge in [0.2, 0.25) is 5.91 Å². The zero-order valence-electron chi connectivity index (χ0n) is 26.7. The second kappa shape index (κ2) is 14.5. The standard InChI is InChI=1S/C34H43N7O5/c1-3-31(42)41-14-13-39(23-27(41)10-11-35)32-28-8-7-26(40-12-4-5-24-21-25(33(43)44-2)6-9-30(24)40)22-29(28)36-34(37-32)46-20-17-38-15-18-45-19-16-38/h3,6,9,21,26-27H,1,4-5,7-8,10,12-20,22-23H2,2H3. The minimum atomic E-state index is -0.316. The van der Waals surface area contributed by atoms with Gasteiger partial charge in [0.25, 0.3) is 0 Å². The van der Waals surface area contributed by atoms with Crippen molar-refractivity contribution in [3.63, 3.8) is 0 Å². The van der Waals surface area contributed by atoms with E-state index in [1.54, 1.807) is 4.90 Å². The van der Waals surface area contributed by atoms with Crippen LogP contribution >= 0.6 is 0 Å². The predicted octanol–water partition coefficient (Wildman–Crippen LogP) is 2.40. The first-order valence-electron chi connectivity index (χ1n) is 16.3. The number of piperazine rings is 1. The Kier molecular flexibility index (Phi) is 10.00. The number of aromatic nitrogens is 2. The molecule has 4 aliphatic rings. The first kappa shape index (κ1) is 31.8. The number of esters is 1. The number of ether oxygens (including phenoxy) is 3. The van der Waals surface area contributed by atoms with Crippen LogP contribution in [0.4, 0.5) is 11.5 Å². The van der Waals surface area contributed by atoms with E-state index in [-0.39, 0.29) is 30.4 Å². The topological polar surface area (TPSA) is 124 Å². The number of morpholine rings is 1. The summed E-state index contributed by atoms with van der Waals surface area (Å²) in [5.41, 5.74) is 5.03. The normalized spacial score (nSPS) is 21.5. The summed E-state index contributed by atoms with van der Waals surface area (Å²) in [7, 11) is 1.41. The number of carbonyl (C=O) groups excluding carboxylic acids is 2. The lowest BCUT2D eigenvalue weighted by molar-refractivity contribution is -0.128. The molecule has 1 aromatic carbocycles. The summed E-state index contributed by atoms with van der Waals surface area (Å²) in [6.45, 7) is 10.7. The Morgan fingerprint density at radius 3 is 2.78 bits per heavy atom. The number of anilines is 2. The van der Waals surface area contributed by atoms with Gasteiger partial charge >= 0.3 is 12.0 Å². The molecule has 12 heteroatoms. The highest BCUT2D eigenvalue weighted by molar-refractivity contribution is 5.90. The van der Waals surface area contributed by atoms with Crippen molar-refractivity contribution >= 4 is 23.4 Å². The number of amides is 1. The van der Waals surface area contributed by atoms with Gasteiger partial charge in [-0.25, -0.2) is 4.79 Å². The van der Waals surface area contributed by atoms with Crippen molar-refractivity contribution in [1.29, 1.82) is 5.26 Å². The van der Waals surface area contributed by atoms with Crippen LogP contribution in [0.3, 0.4) is 0 Å². The molecule has 0 spiro atoms. The van der Waals surface area contributed by atoms with Crippen molar-refractivity contribution in [3.8, 4) is 12.1 Å². The molecule has 0 bridgehead atoms. The molecule has 2 unspecified atom stereocenters. The SMILES string of the molecule is C=CC(=O)N1CCN(c2nc(OCCN3CCOCC3)nc3c2CCC(N2CCCc4cc(C(=O)OC)ccc42)C3)CC1CC#N. The third-order valence-corrected chi connectivity index (χ3v) is 9.61. The number of nitrogens with zero attached hydrogens (tertiary/aromatic N) is 7. The molecule has 12 nitrogen and oxygen atoms in total. The van der Waals surface area contributed by atoms with Crippen LogP contribution in [0.25, 0.3) is 0 Å². The number of rotatable bonds is 9. The van der Waals surface area contributed by atoms with Crippen LogP contribution in [0.1, 0.15) is 46.4 Å². The molecule has 1 aromatic heterocycles. The molecule has 244 valence electrons. The Morgan fingerprint density at radius 1 is 1.15 bits per heavy atom. The zero-order valence-corrected chi connectivity index (χ0v) is 26.7. The number of nitriles is 1. The van der Waals surface area contributed by atoms with Gasteiger partial charge in [-0.15, -0.1) is 0 Å². The third-order valence-electron chi connectivity index (χ3n) is 9.61. The van der Waals surface area contributed by atoms with E-state index in [1.807, 2.05) is 12.1 Å². The number of carbonyl (C=O) groups is 2. The summed E-state index contributed by atoms with van der Waals surface area (Å²) in [6.07, 6.45) is 6.00. The molecular weight excluding hydrogens is 586 g/mol. The fourth-order valence-corrected chi connectivity index (χ4v) is 7.22. The maximum atomic E-state index is 12.6. The van der Waals surface area contributed by atoms with Crippen LogP contribution in [0.2, 0.25) is 0 Å². The van der Waals surface area contributed by atoms with Crippen LogP contribution in [-0.4, -0.2) is 116 Å². The minimum absolute atomic E-state index is 0.153. The molecule has 46 heavy (non-hydrogen) atoms. The van der Waals surface area contributed by atoms with E-state index in [9.17, 15) is 14.9 Å². The van der Waals surface area contributed by atoms with Crippen LogP contribution in [0.5, 0.6) is 6.01 Å². The summed E-state index contributed by atoms with van der Waals surface area (Å²) >= 11 is 0. The Hall–Kier alpha value is -4.21. The van der Waals surface area contributed by atoms with Crippen LogP contribution in [0, 0.1) is 11.3 Å². The molecular formula is C34H43N7O5. The van der Waals surface area contributed by atoms with Gasteiger partial charge < -0.3 is 28.9 Å². The van der Waals surface area contributed by atoms with Gasteiger partial charge in [-0.05, 0) is 55.5 Å². The van der Waals surface area contributed by atoms with Gasteiger partial charge in [0.15, 0.2) is 0 Å². The monoisotopic (exact) mass is 629 g/mol. The maximum absolute atomic E-state index is 12.6. The van der Waals surface area contributed by atoms with Gasteiger partial charge in [-0.2, -0.15) is 15.2 Å². The van der Waals surface area contributed by atoms with Crippen molar-refractivity contribution in [2.24, 2.45) is 0 Å².